The second-order valence-electron chi connectivity index (χ2n) is 20.0. The van der Waals surface area contributed by atoms with Crippen molar-refractivity contribution in [3.63, 3.8) is 0 Å². The van der Waals surface area contributed by atoms with Gasteiger partial charge in [0.1, 0.15) is 0 Å². The summed E-state index contributed by atoms with van der Waals surface area (Å²) in [6.07, 6.45) is 0. The Kier molecular flexibility index (Phi) is 56.8. The molecule has 3 aliphatic heterocycles. The predicted octanol–water partition coefficient (Wildman–Crippen LogP) is -7.36. The van der Waals surface area contributed by atoms with Gasteiger partial charge in [-0.05, 0) is 0 Å². The number of aliphatic carboxylic acids is 12. The van der Waals surface area contributed by atoms with Crippen LogP contribution in [0.2, 0.25) is 0 Å². The third kappa shape index (κ3) is 51.9. The Hall–Kier alpha value is -1.54. The van der Waals surface area contributed by atoms with Crippen LogP contribution in [-0.2, 0) is 57.5 Å². The van der Waals surface area contributed by atoms with Crippen molar-refractivity contribution in [2.45, 2.75) is 0 Å². The van der Waals surface area contributed by atoms with E-state index in [4.69, 9.17) is 61.3 Å². The van der Waals surface area contributed by atoms with Gasteiger partial charge in [-0.3, -0.25) is 116 Å². The summed E-state index contributed by atoms with van der Waals surface area (Å²) in [5.74, 6) is -12.2. The molecule has 0 atom stereocenters. The van der Waals surface area contributed by atoms with E-state index in [1.807, 2.05) is 0 Å². The summed E-state index contributed by atoms with van der Waals surface area (Å²) in [7, 11) is 0. The number of hydrogen-bond acceptors (Lipinski definition) is 24. The van der Waals surface area contributed by atoms with Gasteiger partial charge in [0, 0.05) is 317 Å². The van der Waals surface area contributed by atoms with Gasteiger partial charge in [-0.2, -0.15) is 0 Å². The molecule has 0 aromatic carbocycles. The molecule has 0 spiro atoms. The van der Waals surface area contributed by atoms with Gasteiger partial charge in [0.25, 0.3) is 0 Å². The Morgan fingerprint density at radius 3 is 0.227 bits per heavy atom. The molecule has 0 aromatic heterocycles. The number of hydrogen-bond donors (Lipinski definition) is 12. The molecular formula is C48H84Gd4N12O24. The third-order valence-corrected chi connectivity index (χ3v) is 13.1. The molecule has 3 heterocycles. The maximum Gasteiger partial charge on any atom is 0.317 e. The van der Waals surface area contributed by atoms with Crippen molar-refractivity contribution in [1.29, 1.82) is 0 Å². The van der Waals surface area contributed by atoms with Crippen LogP contribution < -0.4 is 0 Å². The van der Waals surface area contributed by atoms with Gasteiger partial charge >= 0.3 is 71.6 Å². The molecule has 12 N–H and O–H groups in total. The molecule has 0 aliphatic carbocycles. The Morgan fingerprint density at radius 1 is 0.148 bits per heavy atom. The van der Waals surface area contributed by atoms with E-state index in [0.717, 1.165) is 0 Å². The molecule has 0 bridgehead atoms. The van der Waals surface area contributed by atoms with Crippen LogP contribution >= 0.6 is 0 Å². The Morgan fingerprint density at radius 2 is 0.193 bits per heavy atom. The van der Waals surface area contributed by atoms with Gasteiger partial charge in [0.05, 0.1) is 78.5 Å². The van der Waals surface area contributed by atoms with Crippen LogP contribution in [-0.4, -0.2) is 427 Å². The Bertz CT molecular complexity index is 1590. The number of carbonyl (C=O) groups is 12. The summed E-state index contributed by atoms with van der Waals surface area (Å²) in [6.45, 7) is 4.57. The minimum Gasteiger partial charge on any atom is -0.480 e. The van der Waals surface area contributed by atoms with Crippen molar-refractivity contribution in [1.82, 2.24) is 58.8 Å². The van der Waals surface area contributed by atoms with Crippen LogP contribution in [0.15, 0.2) is 0 Å². The first-order chi connectivity index (χ1) is 39.5. The zero-order valence-electron chi connectivity index (χ0n) is 48.5. The van der Waals surface area contributed by atoms with Crippen LogP contribution in [0, 0.1) is 160 Å². The molecule has 0 aromatic rings. The standard InChI is InChI=1S/3C16H28N4O8.4Gd/c3*21-13(22)9-17-1-2-18(10-14(23)24)5-6-20(12-16(27)28)8-7-19(4-3-17)11-15(25)26;;;;/h3*1-12H2,(H,21,22)(H,23,24)(H,25,26)(H,27,28);;;;. The topological polar surface area (TPSA) is 486 Å². The third-order valence-electron chi connectivity index (χ3n) is 13.1. The largest absolute Gasteiger partial charge is 0.480 e. The van der Waals surface area contributed by atoms with Gasteiger partial charge in [0.2, 0.25) is 0 Å². The van der Waals surface area contributed by atoms with E-state index in [9.17, 15) is 57.5 Å². The van der Waals surface area contributed by atoms with E-state index in [-0.39, 0.29) is 238 Å². The summed E-state index contributed by atoms with van der Waals surface area (Å²) in [5, 5.41) is 109. The molecular weight excluding hydrogens is 1760 g/mol. The molecule has 40 heteroatoms. The van der Waals surface area contributed by atoms with Crippen LogP contribution in [0.3, 0.4) is 0 Å². The Balaban J connectivity index is -0.000000588. The zero-order valence-corrected chi connectivity index (χ0v) is 57.6. The van der Waals surface area contributed by atoms with Crippen LogP contribution in [0.25, 0.3) is 0 Å². The maximum atomic E-state index is 11.1. The zero-order chi connectivity index (χ0) is 63.3. The average molecular weight is 1840 g/mol. The minimum atomic E-state index is -1.02. The molecule has 0 amide bonds. The van der Waals surface area contributed by atoms with E-state index in [2.05, 4.69) is 0 Å². The van der Waals surface area contributed by atoms with Crippen molar-refractivity contribution in [3.8, 4) is 0 Å². The van der Waals surface area contributed by atoms with E-state index < -0.39 is 71.6 Å². The van der Waals surface area contributed by atoms with E-state index in [1.54, 1.807) is 58.8 Å². The fourth-order valence-corrected chi connectivity index (χ4v) is 8.93. The summed E-state index contributed by atoms with van der Waals surface area (Å²) in [4.78, 5) is 153. The van der Waals surface area contributed by atoms with Gasteiger partial charge in [-0.25, -0.2) is 0 Å². The SMILES string of the molecule is O=C(O)CN1CCN(CC(=O)O)CCN(CC(=O)O)CCN(CC(=O)O)CC1.O=C(O)CN1CCN(CC(=O)O)CCN(CC(=O)O)CCN(CC(=O)O)CC1.O=C(O)CN1CCN(CC(=O)O)CCN(CC(=O)O)CCN(CC(=O)O)CC1.[Gd].[Gd].[Gd].[Gd]. The minimum absolute atomic E-state index is 0. The number of nitrogens with zero attached hydrogens (tertiary/aromatic N) is 12. The average Bonchev–Trinajstić information content (AvgIpc) is 3.35. The van der Waals surface area contributed by atoms with E-state index in [1.165, 1.54) is 0 Å². The molecule has 36 nitrogen and oxygen atoms in total. The quantitative estimate of drug-likeness (QED) is 0.0427. The van der Waals surface area contributed by atoms with Gasteiger partial charge in [0.15, 0.2) is 0 Å². The summed E-state index contributed by atoms with van der Waals surface area (Å²) < 4.78 is 0. The second-order valence-corrected chi connectivity index (χ2v) is 20.0. The first-order valence-electron chi connectivity index (χ1n) is 26.8. The predicted molar refractivity (Wildman–Crippen MR) is 289 cm³/mol. The molecule has 3 saturated heterocycles. The van der Waals surface area contributed by atoms with E-state index >= 15 is 0 Å². The molecule has 3 rings (SSSR count). The summed E-state index contributed by atoms with van der Waals surface area (Å²) >= 11 is 0. The summed E-state index contributed by atoms with van der Waals surface area (Å²) in [5.41, 5.74) is 0. The molecule has 3 fully saturated rings. The van der Waals surface area contributed by atoms with Crippen LogP contribution in [0.5, 0.6) is 0 Å². The number of carboxylic acids is 12. The van der Waals surface area contributed by atoms with Crippen LogP contribution in [0.4, 0.5) is 0 Å². The smallest absolute Gasteiger partial charge is 0.317 e. The van der Waals surface area contributed by atoms with Crippen molar-refractivity contribution >= 4 is 71.6 Å². The first-order valence-corrected chi connectivity index (χ1v) is 26.8. The summed E-state index contributed by atoms with van der Waals surface area (Å²) in [6, 6.07) is 0. The molecule has 0 saturated carbocycles. The maximum absolute atomic E-state index is 11.1. The first kappa shape index (κ1) is 92.9. The van der Waals surface area contributed by atoms with Gasteiger partial charge in [-0.1, -0.05) is 0 Å². The monoisotopic (exact) mass is 1840 g/mol. The van der Waals surface area contributed by atoms with Gasteiger partial charge in [-0.15, -0.1) is 0 Å². The molecule has 512 valence electrons. The fourth-order valence-electron chi connectivity index (χ4n) is 8.93. The van der Waals surface area contributed by atoms with E-state index in [0.29, 0.717) is 157 Å². The second kappa shape index (κ2) is 53.8. The Labute approximate surface area is 636 Å². The van der Waals surface area contributed by atoms with Crippen molar-refractivity contribution < 1.29 is 279 Å². The molecule has 0 radical (unpaired) electrons. The normalized spacial score (nSPS) is 18.5. The molecule has 88 heavy (non-hydrogen) atoms. The molecule has 0 unspecified atom stereocenters. The number of carboxylic acid groups (broad SMARTS) is 12. The van der Waals surface area contributed by atoms with Crippen molar-refractivity contribution in [2.24, 2.45) is 0 Å². The van der Waals surface area contributed by atoms with Crippen LogP contribution in [0.1, 0.15) is 0 Å². The van der Waals surface area contributed by atoms with Crippen molar-refractivity contribution in [3.05, 3.63) is 0 Å². The van der Waals surface area contributed by atoms with Gasteiger partial charge < -0.3 is 61.3 Å². The fraction of sp³-hybridized carbons (Fsp3) is 0.750. The number of rotatable bonds is 24. The molecule has 3 aliphatic rings. The van der Waals surface area contributed by atoms with Crippen molar-refractivity contribution in [2.75, 3.05) is 236 Å².